The molecular weight excluding hydrogens is 150 g/mol. The Bertz CT molecular complexity index is 81.8. The summed E-state index contributed by atoms with van der Waals surface area (Å²) in [7, 11) is 10.2. The molecule has 0 aliphatic heterocycles. The van der Waals surface area contributed by atoms with Gasteiger partial charge in [0.25, 0.3) is 0 Å². The van der Waals surface area contributed by atoms with E-state index in [0.717, 1.165) is 13.1 Å². The van der Waals surface area contributed by atoms with Crippen LogP contribution in [0.4, 0.5) is 0 Å². The van der Waals surface area contributed by atoms with E-state index in [9.17, 15) is 0 Å². The molecule has 0 unspecified atom stereocenters. The van der Waals surface area contributed by atoms with Crippen molar-refractivity contribution >= 4 is 0 Å². The van der Waals surface area contributed by atoms with E-state index in [2.05, 4.69) is 49.9 Å². The molecule has 0 spiro atoms. The quantitative estimate of drug-likeness (QED) is 0.592. The van der Waals surface area contributed by atoms with Gasteiger partial charge < -0.3 is 4.90 Å². The van der Waals surface area contributed by atoms with Crippen LogP contribution < -0.4 is 0 Å². The Morgan fingerprint density at radius 1 is 0.750 bits per heavy atom. The first kappa shape index (κ1) is 14.4. The standard InChI is InChI=1S/C5H14N2.C4H11N/c1-5-7(4)6(2)3;1-4-5(2)3/h5H2,1-4H3;4H2,1-3H3. The molecular formula is C9H25N3. The number of nitrogens with zero attached hydrogens (tertiary/aromatic N) is 3. The predicted octanol–water partition coefficient (Wildman–Crippen LogP) is 0.983. The van der Waals surface area contributed by atoms with Crippen LogP contribution in [-0.2, 0) is 0 Å². The Hall–Kier alpha value is -0.120. The predicted molar refractivity (Wildman–Crippen MR) is 56.2 cm³/mol. The Labute approximate surface area is 77.9 Å². The molecule has 0 heterocycles. The van der Waals surface area contributed by atoms with Gasteiger partial charge in [0.2, 0.25) is 0 Å². The third-order valence-electron chi connectivity index (χ3n) is 1.77. The lowest BCUT2D eigenvalue weighted by atomic mass is 10.7. The van der Waals surface area contributed by atoms with Crippen LogP contribution in [0.1, 0.15) is 13.8 Å². The minimum atomic E-state index is 1.08. The van der Waals surface area contributed by atoms with Crippen molar-refractivity contribution in [2.75, 3.05) is 48.3 Å². The van der Waals surface area contributed by atoms with Crippen molar-refractivity contribution in [1.29, 1.82) is 0 Å². The molecule has 76 valence electrons. The van der Waals surface area contributed by atoms with Gasteiger partial charge in [-0.15, -0.1) is 0 Å². The van der Waals surface area contributed by atoms with E-state index in [0.29, 0.717) is 0 Å². The minimum absolute atomic E-state index is 1.08. The Kier molecular flexibility index (Phi) is 10.8. The van der Waals surface area contributed by atoms with Crippen LogP contribution in [0.15, 0.2) is 0 Å². The van der Waals surface area contributed by atoms with Crippen molar-refractivity contribution in [3.63, 3.8) is 0 Å². The van der Waals surface area contributed by atoms with Crippen LogP contribution in [0.25, 0.3) is 0 Å². The molecule has 0 saturated carbocycles. The third kappa shape index (κ3) is 12.5. The van der Waals surface area contributed by atoms with Crippen molar-refractivity contribution < 1.29 is 0 Å². The molecule has 0 aliphatic carbocycles. The van der Waals surface area contributed by atoms with E-state index in [1.165, 1.54) is 0 Å². The Morgan fingerprint density at radius 3 is 1.08 bits per heavy atom. The summed E-state index contributed by atoms with van der Waals surface area (Å²) in [6, 6.07) is 0. The average Bonchev–Trinajstić information content (AvgIpc) is 2.04. The smallest absolute Gasteiger partial charge is 0.0101 e. The second-order valence-corrected chi connectivity index (χ2v) is 3.22. The molecule has 0 aromatic heterocycles. The van der Waals surface area contributed by atoms with Crippen molar-refractivity contribution in [2.45, 2.75) is 13.8 Å². The van der Waals surface area contributed by atoms with Crippen molar-refractivity contribution in [3.8, 4) is 0 Å². The normalized spacial score (nSPS) is 10.5. The summed E-state index contributed by atoms with van der Waals surface area (Å²) in [5, 5.41) is 4.18. The lowest BCUT2D eigenvalue weighted by molar-refractivity contribution is 0.0629. The monoisotopic (exact) mass is 175 g/mol. The maximum Gasteiger partial charge on any atom is 0.0101 e. The van der Waals surface area contributed by atoms with E-state index >= 15 is 0 Å². The molecule has 0 aromatic rings. The lowest BCUT2D eigenvalue weighted by Gasteiger charge is -2.21. The summed E-state index contributed by atoms with van der Waals surface area (Å²) in [6.07, 6.45) is 0. The largest absolute Gasteiger partial charge is 0.310 e. The lowest BCUT2D eigenvalue weighted by Crippen LogP contribution is -2.32. The summed E-state index contributed by atoms with van der Waals surface area (Å²) in [5.41, 5.74) is 0. The maximum absolute atomic E-state index is 2.12. The Balaban J connectivity index is 0. The number of hydrogen-bond acceptors (Lipinski definition) is 3. The van der Waals surface area contributed by atoms with E-state index < -0.39 is 0 Å². The van der Waals surface area contributed by atoms with Crippen LogP contribution in [0.5, 0.6) is 0 Å². The fraction of sp³-hybridized carbons (Fsp3) is 1.00. The number of hydrazine groups is 1. The van der Waals surface area contributed by atoms with Crippen molar-refractivity contribution in [3.05, 3.63) is 0 Å². The van der Waals surface area contributed by atoms with Crippen LogP contribution in [0.2, 0.25) is 0 Å². The van der Waals surface area contributed by atoms with Gasteiger partial charge in [-0.1, -0.05) is 13.8 Å². The second-order valence-electron chi connectivity index (χ2n) is 3.22. The molecule has 3 nitrogen and oxygen atoms in total. The molecule has 3 heteroatoms. The highest BCUT2D eigenvalue weighted by molar-refractivity contribution is 4.32. The van der Waals surface area contributed by atoms with Crippen molar-refractivity contribution in [1.82, 2.24) is 14.9 Å². The van der Waals surface area contributed by atoms with Gasteiger partial charge in [-0.05, 0) is 20.6 Å². The molecule has 0 aliphatic rings. The van der Waals surface area contributed by atoms with Gasteiger partial charge in [0.15, 0.2) is 0 Å². The van der Waals surface area contributed by atoms with Crippen molar-refractivity contribution in [2.24, 2.45) is 0 Å². The van der Waals surface area contributed by atoms with Crippen LogP contribution in [-0.4, -0.2) is 63.2 Å². The minimum Gasteiger partial charge on any atom is -0.310 e. The molecule has 0 radical (unpaired) electrons. The zero-order valence-corrected chi connectivity index (χ0v) is 9.76. The topological polar surface area (TPSA) is 9.72 Å². The maximum atomic E-state index is 2.12. The first-order valence-electron chi connectivity index (χ1n) is 4.48. The van der Waals surface area contributed by atoms with Crippen LogP contribution >= 0.6 is 0 Å². The SMILES string of the molecule is CCN(C)C.CCN(C)N(C)C. The van der Waals surface area contributed by atoms with Gasteiger partial charge in [0.1, 0.15) is 0 Å². The van der Waals surface area contributed by atoms with E-state index in [4.69, 9.17) is 0 Å². The van der Waals surface area contributed by atoms with Gasteiger partial charge in [0, 0.05) is 27.7 Å². The Morgan fingerprint density at radius 2 is 1.08 bits per heavy atom. The highest BCUT2D eigenvalue weighted by atomic mass is 15.6. The van der Waals surface area contributed by atoms with Crippen LogP contribution in [0, 0.1) is 0 Å². The summed E-state index contributed by atoms with van der Waals surface area (Å²) < 4.78 is 0. The first-order valence-corrected chi connectivity index (χ1v) is 4.48. The molecule has 0 amide bonds. The van der Waals surface area contributed by atoms with Gasteiger partial charge in [0.05, 0.1) is 0 Å². The zero-order valence-electron chi connectivity index (χ0n) is 9.76. The highest BCUT2D eigenvalue weighted by Gasteiger charge is 1.91. The second kappa shape index (κ2) is 8.97. The van der Waals surface area contributed by atoms with Gasteiger partial charge in [-0.25, -0.2) is 10.0 Å². The first-order chi connectivity index (χ1) is 5.45. The molecule has 0 saturated heterocycles. The summed E-state index contributed by atoms with van der Waals surface area (Å²) in [4.78, 5) is 2.12. The zero-order chi connectivity index (χ0) is 10.1. The molecule has 12 heavy (non-hydrogen) atoms. The number of hydrogen-bond donors (Lipinski definition) is 0. The average molecular weight is 175 g/mol. The molecule has 0 rings (SSSR count). The van der Waals surface area contributed by atoms with E-state index in [-0.39, 0.29) is 0 Å². The fourth-order valence-electron chi connectivity index (χ4n) is 0.283. The number of rotatable bonds is 3. The summed E-state index contributed by atoms with van der Waals surface area (Å²) in [6.45, 7) is 6.47. The van der Waals surface area contributed by atoms with E-state index in [1.807, 2.05) is 14.1 Å². The van der Waals surface area contributed by atoms with Gasteiger partial charge in [-0.3, -0.25) is 0 Å². The molecule has 0 fully saturated rings. The molecule has 0 bridgehead atoms. The summed E-state index contributed by atoms with van der Waals surface area (Å²) in [5.74, 6) is 0. The summed E-state index contributed by atoms with van der Waals surface area (Å²) >= 11 is 0. The molecule has 0 aromatic carbocycles. The van der Waals surface area contributed by atoms with Crippen LogP contribution in [0.3, 0.4) is 0 Å². The van der Waals surface area contributed by atoms with E-state index in [1.54, 1.807) is 0 Å². The van der Waals surface area contributed by atoms with Gasteiger partial charge >= 0.3 is 0 Å². The van der Waals surface area contributed by atoms with Gasteiger partial charge in [-0.2, -0.15) is 0 Å². The third-order valence-corrected chi connectivity index (χ3v) is 1.77. The highest BCUT2D eigenvalue weighted by Crippen LogP contribution is 1.80. The molecule has 0 atom stereocenters. The fourth-order valence-corrected chi connectivity index (χ4v) is 0.283. The molecule has 0 N–H and O–H groups in total.